The molecule has 2 N–H and O–H groups in total. The Balaban J connectivity index is 1.18. The van der Waals surface area contributed by atoms with E-state index in [-0.39, 0.29) is 53.9 Å². The monoisotopic (exact) mass is 573 g/mol. The summed E-state index contributed by atoms with van der Waals surface area (Å²) in [5, 5.41) is 13.1. The van der Waals surface area contributed by atoms with E-state index in [9.17, 15) is 28.4 Å². The van der Waals surface area contributed by atoms with Crippen LogP contribution in [0.25, 0.3) is 10.9 Å². The number of halogens is 3. The van der Waals surface area contributed by atoms with Crippen LogP contribution >= 0.6 is 0 Å². The zero-order valence-electron chi connectivity index (χ0n) is 22.3. The molecular weight excluding hydrogens is 547 g/mol. The first-order valence-electron chi connectivity index (χ1n) is 14.2. The number of para-hydroxylation sites is 1. The number of aromatic nitrogens is 1. The highest BCUT2D eigenvalue weighted by molar-refractivity contribution is 6.07. The molecule has 2 saturated carbocycles. The summed E-state index contributed by atoms with van der Waals surface area (Å²) in [4.78, 5) is 47.4. The lowest BCUT2D eigenvalue weighted by atomic mass is 9.77. The van der Waals surface area contributed by atoms with Gasteiger partial charge in [0, 0.05) is 36.7 Å². The van der Waals surface area contributed by atoms with Crippen LogP contribution in [0, 0.1) is 46.6 Å². The van der Waals surface area contributed by atoms with Gasteiger partial charge in [-0.3, -0.25) is 14.4 Å². The average molecular weight is 574 g/mol. The van der Waals surface area contributed by atoms with Crippen LogP contribution in [0.5, 0.6) is 0 Å². The predicted molar refractivity (Wildman–Crippen MR) is 144 cm³/mol. The molecule has 2 aliphatic carbocycles. The summed E-state index contributed by atoms with van der Waals surface area (Å²) >= 11 is 0. The van der Waals surface area contributed by atoms with Gasteiger partial charge in [0.25, 0.3) is 5.91 Å². The highest BCUT2D eigenvalue weighted by Crippen LogP contribution is 2.59. The number of H-pyrrole nitrogens is 1. The molecule has 4 fully saturated rings. The van der Waals surface area contributed by atoms with Gasteiger partial charge in [0.15, 0.2) is 0 Å². The van der Waals surface area contributed by atoms with E-state index in [4.69, 9.17) is 0 Å². The largest absolute Gasteiger partial charge is 0.350 e. The zero-order valence-corrected chi connectivity index (χ0v) is 22.3. The number of benzene rings is 2. The van der Waals surface area contributed by atoms with Crippen LogP contribution < -0.4 is 5.32 Å². The van der Waals surface area contributed by atoms with Crippen molar-refractivity contribution in [2.45, 2.75) is 42.9 Å². The van der Waals surface area contributed by atoms with Gasteiger partial charge in [-0.1, -0.05) is 18.2 Å². The predicted octanol–water partition coefficient (Wildman–Crippen LogP) is 3.90. The Kier molecular flexibility index (Phi) is 5.20. The second-order valence-electron chi connectivity index (χ2n) is 12.5. The Morgan fingerprint density at radius 2 is 1.88 bits per heavy atom. The molecule has 3 aromatic rings. The van der Waals surface area contributed by atoms with E-state index in [0.29, 0.717) is 18.5 Å². The lowest BCUT2D eigenvalue weighted by molar-refractivity contribution is -0.137. The average Bonchev–Trinajstić information content (AvgIpc) is 3.79. The van der Waals surface area contributed by atoms with Gasteiger partial charge in [0.05, 0.1) is 17.0 Å². The number of likely N-dealkylation sites (tertiary alicyclic amines) is 2. The minimum Gasteiger partial charge on any atom is -0.350 e. The molecule has 4 heterocycles. The van der Waals surface area contributed by atoms with Crippen molar-refractivity contribution in [3.63, 3.8) is 0 Å². The molecule has 3 amide bonds. The number of amides is 3. The Labute approximate surface area is 238 Å². The number of hydrogen-bond donors (Lipinski definition) is 2. The fourth-order valence-electron chi connectivity index (χ4n) is 8.82. The van der Waals surface area contributed by atoms with Crippen LogP contribution in [0.1, 0.15) is 35.3 Å². The molecule has 11 heteroatoms. The van der Waals surface area contributed by atoms with Crippen molar-refractivity contribution in [2.75, 3.05) is 18.4 Å². The number of alkyl halides is 1. The molecular formula is C31H26F3N5O3. The van der Waals surface area contributed by atoms with Gasteiger partial charge < -0.3 is 20.1 Å². The normalized spacial score (nSPS) is 34.2. The van der Waals surface area contributed by atoms with E-state index in [2.05, 4.69) is 16.4 Å². The molecule has 5 aliphatic rings. The second kappa shape index (κ2) is 8.60. The molecule has 1 spiro atoms. The highest BCUT2D eigenvalue weighted by Gasteiger charge is 2.65. The number of nitrogens with zero attached hydrogens (tertiary/aromatic N) is 3. The van der Waals surface area contributed by atoms with E-state index < -0.39 is 59.0 Å². The summed E-state index contributed by atoms with van der Waals surface area (Å²) in [6.45, 7) is 0.187. The second-order valence-corrected chi connectivity index (χ2v) is 12.5. The lowest BCUT2D eigenvalue weighted by Gasteiger charge is -2.35. The van der Waals surface area contributed by atoms with Gasteiger partial charge in [-0.25, -0.2) is 13.2 Å². The fourth-order valence-corrected chi connectivity index (χ4v) is 8.82. The minimum absolute atomic E-state index is 0.00441. The van der Waals surface area contributed by atoms with Gasteiger partial charge in [-0.15, -0.1) is 0 Å². The number of nitriles is 1. The number of carbonyl (C=O) groups excluding carboxylic acids is 3. The van der Waals surface area contributed by atoms with Gasteiger partial charge in [0.1, 0.15) is 35.6 Å². The smallest absolute Gasteiger partial charge is 0.271 e. The van der Waals surface area contributed by atoms with Crippen LogP contribution in [-0.2, 0) is 15.0 Å². The maximum absolute atomic E-state index is 15.1. The van der Waals surface area contributed by atoms with Crippen LogP contribution in [-0.4, -0.2) is 63.9 Å². The summed E-state index contributed by atoms with van der Waals surface area (Å²) in [7, 11) is 0. The first-order chi connectivity index (χ1) is 20.2. The summed E-state index contributed by atoms with van der Waals surface area (Å²) in [6.07, 6.45) is 0.0462. The summed E-state index contributed by atoms with van der Waals surface area (Å²) in [5.74, 6) is -3.84. The number of rotatable bonds is 2. The Morgan fingerprint density at radius 1 is 1.07 bits per heavy atom. The van der Waals surface area contributed by atoms with Crippen molar-refractivity contribution in [1.82, 2.24) is 14.8 Å². The standard InChI is InChI=1S/C31H26F3N5O3/c32-15-7-22(34)17-9-25(36-24(17)8-15)28(40)38-12-19-14-5-18(21(33)6-14)26(19)27(38)29(41)39-13-31(10-16(39)11-35)20-3-1-2-4-23(20)37-30(31)42/h1-4,7-9,14,16,18-19,21,26-27,36H,5-6,10,12-13H2,(H,37,42)/t14-,16-,18+,19+,21+,26-,27-,31-/m0/s1. The van der Waals surface area contributed by atoms with Gasteiger partial charge >= 0.3 is 0 Å². The Bertz CT molecular complexity index is 1750. The first-order valence-corrected chi connectivity index (χ1v) is 14.2. The maximum atomic E-state index is 15.1. The van der Waals surface area contributed by atoms with Gasteiger partial charge in [-0.2, -0.15) is 5.26 Å². The molecule has 42 heavy (non-hydrogen) atoms. The van der Waals surface area contributed by atoms with Crippen LogP contribution in [0.15, 0.2) is 42.5 Å². The molecule has 0 unspecified atom stereocenters. The van der Waals surface area contributed by atoms with E-state index >= 15 is 4.39 Å². The SMILES string of the molecule is N#C[C@@H]1C[C@@]2(CN1C(=O)[C@@H]1[C@@H]3[C@H](CN1C(=O)c1cc4c(F)cc(F)cc4[nH]1)[C@H]1C[C@@H]3[C@H](F)C1)C(=O)Nc1ccccc12. The molecule has 2 aromatic carbocycles. The zero-order chi connectivity index (χ0) is 29.1. The van der Waals surface area contributed by atoms with Crippen molar-refractivity contribution in [3.8, 4) is 6.07 Å². The Morgan fingerprint density at radius 3 is 2.69 bits per heavy atom. The van der Waals surface area contributed by atoms with Gasteiger partial charge in [-0.05, 0) is 60.3 Å². The quantitative estimate of drug-likeness (QED) is 0.485. The number of anilines is 1. The van der Waals surface area contributed by atoms with E-state index in [1.165, 1.54) is 15.9 Å². The lowest BCUT2D eigenvalue weighted by Crippen LogP contribution is -2.53. The summed E-state index contributed by atoms with van der Waals surface area (Å²) < 4.78 is 43.4. The topological polar surface area (TPSA) is 109 Å². The minimum atomic E-state index is -1.10. The molecule has 8 atom stereocenters. The molecule has 1 aromatic heterocycles. The number of fused-ring (bicyclic) bond motifs is 8. The van der Waals surface area contributed by atoms with Crippen molar-refractivity contribution >= 4 is 34.3 Å². The fraction of sp³-hybridized carbons (Fsp3) is 0.419. The molecule has 0 radical (unpaired) electrons. The third-order valence-electron chi connectivity index (χ3n) is 10.6. The number of aromatic amines is 1. The summed E-state index contributed by atoms with van der Waals surface area (Å²) in [6, 6.07) is 10.6. The molecule has 214 valence electrons. The molecule has 8 nitrogen and oxygen atoms in total. The van der Waals surface area contributed by atoms with E-state index in [1.807, 2.05) is 6.07 Å². The Hall–Kier alpha value is -4.33. The summed E-state index contributed by atoms with van der Waals surface area (Å²) in [5.41, 5.74) is 0.366. The number of carbonyl (C=O) groups is 3. The van der Waals surface area contributed by atoms with Crippen molar-refractivity contribution < 1.29 is 27.6 Å². The molecule has 8 rings (SSSR count). The molecule has 3 aliphatic heterocycles. The van der Waals surface area contributed by atoms with Crippen LogP contribution in [0.2, 0.25) is 0 Å². The third-order valence-corrected chi connectivity index (χ3v) is 10.6. The number of nitrogens with one attached hydrogen (secondary N) is 2. The van der Waals surface area contributed by atoms with Gasteiger partial charge in [0.2, 0.25) is 11.8 Å². The van der Waals surface area contributed by atoms with Crippen molar-refractivity contribution in [1.29, 1.82) is 5.26 Å². The van der Waals surface area contributed by atoms with E-state index in [1.54, 1.807) is 18.2 Å². The molecule has 2 bridgehead atoms. The maximum Gasteiger partial charge on any atom is 0.271 e. The van der Waals surface area contributed by atoms with E-state index in [0.717, 1.165) is 17.7 Å². The first kappa shape index (κ1) is 25.4. The van der Waals surface area contributed by atoms with Crippen molar-refractivity contribution in [2.24, 2.45) is 23.7 Å². The number of hydrogen-bond acceptors (Lipinski definition) is 4. The van der Waals surface area contributed by atoms with Crippen LogP contribution in [0.3, 0.4) is 0 Å². The molecule has 2 saturated heterocycles. The third kappa shape index (κ3) is 3.26. The van der Waals surface area contributed by atoms with Crippen LogP contribution in [0.4, 0.5) is 18.9 Å². The van der Waals surface area contributed by atoms with Crippen molar-refractivity contribution in [3.05, 3.63) is 65.4 Å². The highest BCUT2D eigenvalue weighted by atomic mass is 19.1.